The first-order valence-electron chi connectivity index (χ1n) is 9.41. The highest BCUT2D eigenvalue weighted by molar-refractivity contribution is 6.08. The van der Waals surface area contributed by atoms with Gasteiger partial charge in [0.25, 0.3) is 5.91 Å². The Hall–Kier alpha value is -3.48. The monoisotopic (exact) mass is 394 g/mol. The van der Waals surface area contributed by atoms with Gasteiger partial charge in [-0.15, -0.1) is 0 Å². The van der Waals surface area contributed by atoms with E-state index in [1.165, 1.54) is 4.90 Å². The SMILES string of the molecule is CCOC(=O)c1ccc(CN2C(=O)C(O)=C(C(=O)CC)C2c2ccncc2)cc1. The van der Waals surface area contributed by atoms with E-state index in [9.17, 15) is 19.5 Å². The van der Waals surface area contributed by atoms with Crippen molar-refractivity contribution in [3.8, 4) is 0 Å². The number of carbonyl (C=O) groups is 3. The Bertz CT molecular complexity index is 951. The van der Waals surface area contributed by atoms with E-state index in [0.29, 0.717) is 11.1 Å². The largest absolute Gasteiger partial charge is 0.503 e. The number of ketones is 1. The van der Waals surface area contributed by atoms with Crippen molar-refractivity contribution in [1.29, 1.82) is 0 Å². The molecule has 7 nitrogen and oxygen atoms in total. The van der Waals surface area contributed by atoms with Gasteiger partial charge in [-0.25, -0.2) is 4.79 Å². The number of carbonyl (C=O) groups excluding carboxylic acids is 3. The van der Waals surface area contributed by atoms with Crippen LogP contribution in [0.2, 0.25) is 0 Å². The third kappa shape index (κ3) is 4.03. The van der Waals surface area contributed by atoms with Gasteiger partial charge in [0.1, 0.15) is 0 Å². The van der Waals surface area contributed by atoms with Gasteiger partial charge in [-0.05, 0) is 42.3 Å². The maximum absolute atomic E-state index is 12.8. The molecular formula is C22H22N2O5. The number of nitrogens with zero attached hydrogens (tertiary/aromatic N) is 2. The number of rotatable bonds is 7. The minimum absolute atomic E-state index is 0.104. The molecule has 1 atom stereocenters. The first-order chi connectivity index (χ1) is 14.0. The molecule has 0 fully saturated rings. The fourth-order valence-electron chi connectivity index (χ4n) is 3.34. The van der Waals surface area contributed by atoms with Crippen LogP contribution in [0.4, 0.5) is 0 Å². The fourth-order valence-corrected chi connectivity index (χ4v) is 3.34. The second kappa shape index (κ2) is 8.68. The van der Waals surface area contributed by atoms with Gasteiger partial charge in [0.15, 0.2) is 11.5 Å². The Labute approximate surface area is 168 Å². The van der Waals surface area contributed by atoms with E-state index in [1.54, 1.807) is 62.6 Å². The molecule has 1 N–H and O–H groups in total. The zero-order valence-electron chi connectivity index (χ0n) is 16.3. The van der Waals surface area contributed by atoms with Crippen LogP contribution in [0.1, 0.15) is 47.8 Å². The van der Waals surface area contributed by atoms with Crippen LogP contribution in [0.25, 0.3) is 0 Å². The molecule has 0 spiro atoms. The van der Waals surface area contributed by atoms with Crippen molar-refractivity contribution in [3.05, 3.63) is 76.8 Å². The predicted molar refractivity (Wildman–Crippen MR) is 105 cm³/mol. The average molecular weight is 394 g/mol. The van der Waals surface area contributed by atoms with E-state index < -0.39 is 23.7 Å². The number of Topliss-reactive ketones (excluding diaryl/α,β-unsaturated/α-hetero) is 1. The smallest absolute Gasteiger partial charge is 0.338 e. The molecule has 29 heavy (non-hydrogen) atoms. The molecule has 0 bridgehead atoms. The molecule has 7 heteroatoms. The van der Waals surface area contributed by atoms with Crippen LogP contribution in [0.15, 0.2) is 60.1 Å². The van der Waals surface area contributed by atoms with Crippen molar-refractivity contribution >= 4 is 17.7 Å². The number of benzene rings is 1. The predicted octanol–water partition coefficient (Wildman–Crippen LogP) is 3.13. The lowest BCUT2D eigenvalue weighted by Gasteiger charge is -2.26. The van der Waals surface area contributed by atoms with E-state index >= 15 is 0 Å². The van der Waals surface area contributed by atoms with Crippen molar-refractivity contribution in [2.45, 2.75) is 32.9 Å². The van der Waals surface area contributed by atoms with Crippen LogP contribution >= 0.6 is 0 Å². The maximum atomic E-state index is 12.8. The summed E-state index contributed by atoms with van der Waals surface area (Å²) in [6.45, 7) is 3.88. The molecule has 150 valence electrons. The molecule has 1 aromatic carbocycles. The van der Waals surface area contributed by atoms with Crippen molar-refractivity contribution < 1.29 is 24.2 Å². The summed E-state index contributed by atoms with van der Waals surface area (Å²) in [7, 11) is 0. The summed E-state index contributed by atoms with van der Waals surface area (Å²) in [5.74, 6) is -1.81. The van der Waals surface area contributed by atoms with E-state index in [-0.39, 0.29) is 30.9 Å². The van der Waals surface area contributed by atoms with Gasteiger partial charge in [0.05, 0.1) is 23.8 Å². The molecule has 0 saturated carbocycles. The molecule has 0 radical (unpaired) electrons. The lowest BCUT2D eigenvalue weighted by molar-refractivity contribution is -0.130. The topological polar surface area (TPSA) is 96.8 Å². The van der Waals surface area contributed by atoms with Crippen LogP contribution in [0, 0.1) is 0 Å². The third-order valence-electron chi connectivity index (χ3n) is 4.77. The molecule has 1 aromatic heterocycles. The Morgan fingerprint density at radius 1 is 1.10 bits per heavy atom. The summed E-state index contributed by atoms with van der Waals surface area (Å²) in [4.78, 5) is 42.5. The summed E-state index contributed by atoms with van der Waals surface area (Å²) in [5.41, 5.74) is 1.96. The number of aromatic nitrogens is 1. The van der Waals surface area contributed by atoms with E-state index in [0.717, 1.165) is 5.56 Å². The van der Waals surface area contributed by atoms with Crippen LogP contribution < -0.4 is 0 Å². The van der Waals surface area contributed by atoms with Crippen LogP contribution in [0.3, 0.4) is 0 Å². The van der Waals surface area contributed by atoms with E-state index in [1.807, 2.05) is 0 Å². The number of amides is 1. The van der Waals surface area contributed by atoms with E-state index in [4.69, 9.17) is 4.74 Å². The number of pyridine rings is 1. The zero-order valence-corrected chi connectivity index (χ0v) is 16.3. The van der Waals surface area contributed by atoms with Crippen LogP contribution in [-0.4, -0.2) is 39.3 Å². The summed E-state index contributed by atoms with van der Waals surface area (Å²) < 4.78 is 4.97. The zero-order chi connectivity index (χ0) is 21.0. The average Bonchev–Trinajstić information content (AvgIpc) is 2.99. The lowest BCUT2D eigenvalue weighted by Crippen LogP contribution is -2.30. The quantitative estimate of drug-likeness (QED) is 0.725. The van der Waals surface area contributed by atoms with E-state index in [2.05, 4.69) is 4.98 Å². The highest BCUT2D eigenvalue weighted by Gasteiger charge is 2.42. The molecule has 0 saturated heterocycles. The highest BCUT2D eigenvalue weighted by Crippen LogP contribution is 2.38. The van der Waals surface area contributed by atoms with Gasteiger partial charge in [-0.1, -0.05) is 19.1 Å². The summed E-state index contributed by atoms with van der Waals surface area (Å²) >= 11 is 0. The van der Waals surface area contributed by atoms with Gasteiger partial charge in [0.2, 0.25) is 0 Å². The van der Waals surface area contributed by atoms with Crippen LogP contribution in [0.5, 0.6) is 0 Å². The lowest BCUT2D eigenvalue weighted by atomic mass is 9.95. The molecule has 1 aliphatic heterocycles. The van der Waals surface area contributed by atoms with Crippen molar-refractivity contribution in [3.63, 3.8) is 0 Å². The van der Waals surface area contributed by atoms with Gasteiger partial charge < -0.3 is 14.7 Å². The maximum Gasteiger partial charge on any atom is 0.338 e. The molecule has 0 aliphatic carbocycles. The Morgan fingerprint density at radius 2 is 1.76 bits per heavy atom. The van der Waals surface area contributed by atoms with Gasteiger partial charge in [0, 0.05) is 25.4 Å². The summed E-state index contributed by atoms with van der Waals surface area (Å²) in [6.07, 6.45) is 3.33. The standard InChI is InChI=1S/C22H22N2O5/c1-3-17(25)18-19(15-9-11-23-12-10-15)24(21(27)20(18)26)13-14-5-7-16(8-6-14)22(28)29-4-2/h5-12,19,26H,3-4,13H2,1-2H3. The molecular weight excluding hydrogens is 372 g/mol. The number of ether oxygens (including phenoxy) is 1. The number of esters is 1. The first-order valence-corrected chi connectivity index (χ1v) is 9.41. The Morgan fingerprint density at radius 3 is 2.34 bits per heavy atom. The Kier molecular flexibility index (Phi) is 6.07. The molecule has 3 rings (SSSR count). The fraction of sp³-hybridized carbons (Fsp3) is 0.273. The van der Waals surface area contributed by atoms with Gasteiger partial charge in [-0.2, -0.15) is 0 Å². The molecule has 1 aliphatic rings. The summed E-state index contributed by atoms with van der Waals surface area (Å²) in [6, 6.07) is 9.44. The number of aliphatic hydroxyl groups is 1. The summed E-state index contributed by atoms with van der Waals surface area (Å²) in [5, 5.41) is 10.4. The molecule has 1 amide bonds. The molecule has 1 unspecified atom stereocenters. The minimum atomic E-state index is -0.692. The van der Waals surface area contributed by atoms with Crippen molar-refractivity contribution in [1.82, 2.24) is 9.88 Å². The van der Waals surface area contributed by atoms with Gasteiger partial charge >= 0.3 is 5.97 Å². The highest BCUT2D eigenvalue weighted by atomic mass is 16.5. The van der Waals surface area contributed by atoms with Crippen LogP contribution in [-0.2, 0) is 20.9 Å². The minimum Gasteiger partial charge on any atom is -0.503 e. The first kappa shape index (κ1) is 20.3. The number of hydrogen-bond acceptors (Lipinski definition) is 6. The van der Waals surface area contributed by atoms with Crippen molar-refractivity contribution in [2.24, 2.45) is 0 Å². The Balaban J connectivity index is 1.92. The van der Waals surface area contributed by atoms with Gasteiger partial charge in [-0.3, -0.25) is 14.6 Å². The molecule has 2 aromatic rings. The van der Waals surface area contributed by atoms with Crippen molar-refractivity contribution in [2.75, 3.05) is 6.61 Å². The second-order valence-electron chi connectivity index (χ2n) is 6.57. The second-order valence-corrected chi connectivity index (χ2v) is 6.57. The number of aliphatic hydroxyl groups excluding tert-OH is 1. The normalized spacial score (nSPS) is 16.3. The third-order valence-corrected chi connectivity index (χ3v) is 4.77. The molecule has 2 heterocycles. The number of hydrogen-bond donors (Lipinski definition) is 1.